The van der Waals surface area contributed by atoms with Crippen molar-refractivity contribution in [1.29, 1.82) is 0 Å². The van der Waals surface area contributed by atoms with Crippen molar-refractivity contribution in [1.82, 2.24) is 19.3 Å². The third-order valence-electron chi connectivity index (χ3n) is 6.80. The van der Waals surface area contributed by atoms with Gasteiger partial charge in [-0.3, -0.25) is 9.48 Å². The van der Waals surface area contributed by atoms with Crippen molar-refractivity contribution in [2.45, 2.75) is 6.54 Å². The van der Waals surface area contributed by atoms with Crippen LogP contribution in [0.2, 0.25) is 5.02 Å². The molecule has 0 aliphatic carbocycles. The molecule has 8 nitrogen and oxygen atoms in total. The van der Waals surface area contributed by atoms with Crippen molar-refractivity contribution in [3.05, 3.63) is 100 Å². The molecule has 2 aromatic heterocycles. The van der Waals surface area contributed by atoms with Gasteiger partial charge in [-0.2, -0.15) is 5.10 Å². The number of nitrogens with one attached hydrogen (secondary N) is 1. The van der Waals surface area contributed by atoms with Crippen molar-refractivity contribution >= 4 is 39.8 Å². The molecule has 38 heavy (non-hydrogen) atoms. The molecule has 1 fully saturated rings. The van der Waals surface area contributed by atoms with E-state index in [2.05, 4.69) is 32.4 Å². The average molecular weight is 527 g/mol. The normalized spacial score (nSPS) is 13.7. The van der Waals surface area contributed by atoms with Crippen molar-refractivity contribution in [3.8, 4) is 11.1 Å². The van der Waals surface area contributed by atoms with Crippen LogP contribution in [0.25, 0.3) is 22.2 Å². The summed E-state index contributed by atoms with van der Waals surface area (Å²) >= 11 is 6.71. The Balaban J connectivity index is 1.27. The number of halogens is 1. The van der Waals surface area contributed by atoms with Crippen LogP contribution in [-0.4, -0.2) is 45.6 Å². The van der Waals surface area contributed by atoms with Gasteiger partial charge in [-0.25, -0.2) is 4.98 Å². The average Bonchev–Trinajstić information content (AvgIpc) is 3.42. The van der Waals surface area contributed by atoms with Gasteiger partial charge in [-0.1, -0.05) is 41.9 Å². The van der Waals surface area contributed by atoms with Crippen LogP contribution < -0.4 is 15.8 Å². The van der Waals surface area contributed by atoms with Gasteiger partial charge in [0.25, 0.3) is 5.56 Å². The van der Waals surface area contributed by atoms with Crippen molar-refractivity contribution in [3.63, 3.8) is 0 Å². The van der Waals surface area contributed by atoms with Gasteiger partial charge >= 0.3 is 0 Å². The number of aromatic nitrogens is 4. The molecule has 0 bridgehead atoms. The van der Waals surface area contributed by atoms with Gasteiger partial charge in [0.1, 0.15) is 5.52 Å². The van der Waals surface area contributed by atoms with Crippen LogP contribution in [0, 0.1) is 0 Å². The summed E-state index contributed by atoms with van der Waals surface area (Å²) in [6.07, 6.45) is 3.79. The molecular weight excluding hydrogens is 500 g/mol. The van der Waals surface area contributed by atoms with E-state index < -0.39 is 0 Å². The standard InChI is InChI=1S/C29H27ClN6O2/c1-34-26-16-21(22-17-31-36(19-22)18-20-5-3-2-4-6-20)15-25(30)27(26)33-28(29(34)37)32-23-7-9-24(10-8-23)35-11-13-38-14-12-35/h2-10,15-17,19H,11-14,18H2,1H3,(H,32,33). The molecule has 1 saturated heterocycles. The quantitative estimate of drug-likeness (QED) is 0.332. The highest BCUT2D eigenvalue weighted by Gasteiger charge is 2.15. The summed E-state index contributed by atoms with van der Waals surface area (Å²) in [5, 5.41) is 8.15. The predicted molar refractivity (Wildman–Crippen MR) is 152 cm³/mol. The predicted octanol–water partition coefficient (Wildman–Crippen LogP) is 5.08. The minimum Gasteiger partial charge on any atom is -0.378 e. The highest BCUT2D eigenvalue weighted by atomic mass is 35.5. The third-order valence-corrected chi connectivity index (χ3v) is 7.08. The summed E-state index contributed by atoms with van der Waals surface area (Å²) < 4.78 is 8.90. The van der Waals surface area contributed by atoms with E-state index in [0.29, 0.717) is 22.6 Å². The number of anilines is 3. The van der Waals surface area contributed by atoms with E-state index in [1.54, 1.807) is 11.6 Å². The number of ether oxygens (including phenoxy) is 1. The van der Waals surface area contributed by atoms with Gasteiger partial charge in [-0.15, -0.1) is 0 Å². The topological polar surface area (TPSA) is 77.2 Å². The lowest BCUT2D eigenvalue weighted by molar-refractivity contribution is 0.122. The van der Waals surface area contributed by atoms with E-state index in [1.807, 2.05) is 71.7 Å². The molecule has 5 aromatic rings. The molecule has 192 valence electrons. The van der Waals surface area contributed by atoms with Gasteiger partial charge < -0.3 is 19.5 Å². The molecule has 6 rings (SSSR count). The van der Waals surface area contributed by atoms with Crippen molar-refractivity contribution < 1.29 is 4.74 Å². The maximum Gasteiger partial charge on any atom is 0.293 e. The number of aryl methyl sites for hydroxylation is 1. The summed E-state index contributed by atoms with van der Waals surface area (Å²) in [5.74, 6) is 0.226. The molecule has 0 atom stereocenters. The highest BCUT2D eigenvalue weighted by Crippen LogP contribution is 2.30. The fourth-order valence-corrected chi connectivity index (χ4v) is 4.97. The van der Waals surface area contributed by atoms with Crippen LogP contribution in [0.3, 0.4) is 0 Å². The van der Waals surface area contributed by atoms with Crippen molar-refractivity contribution in [2.75, 3.05) is 36.5 Å². The fourth-order valence-electron chi connectivity index (χ4n) is 4.71. The fraction of sp³-hybridized carbons (Fsp3) is 0.207. The zero-order valence-electron chi connectivity index (χ0n) is 21.0. The highest BCUT2D eigenvalue weighted by molar-refractivity contribution is 6.35. The Labute approximate surface area is 225 Å². The van der Waals surface area contributed by atoms with Crippen LogP contribution in [0.5, 0.6) is 0 Å². The van der Waals surface area contributed by atoms with E-state index in [0.717, 1.165) is 48.8 Å². The van der Waals surface area contributed by atoms with Crippen LogP contribution in [0.4, 0.5) is 17.2 Å². The molecular formula is C29H27ClN6O2. The molecule has 1 aliphatic heterocycles. The smallest absolute Gasteiger partial charge is 0.293 e. The molecule has 1 N–H and O–H groups in total. The minimum atomic E-state index is -0.234. The van der Waals surface area contributed by atoms with Crippen LogP contribution in [0.15, 0.2) is 83.9 Å². The maximum atomic E-state index is 13.2. The zero-order chi connectivity index (χ0) is 26.1. The van der Waals surface area contributed by atoms with Gasteiger partial charge in [0.2, 0.25) is 0 Å². The second-order valence-corrected chi connectivity index (χ2v) is 9.74. The number of benzene rings is 3. The van der Waals surface area contributed by atoms with Gasteiger partial charge in [0, 0.05) is 43.3 Å². The number of hydrogen-bond donors (Lipinski definition) is 1. The first-order valence-electron chi connectivity index (χ1n) is 12.5. The van der Waals surface area contributed by atoms with E-state index in [-0.39, 0.29) is 11.4 Å². The number of rotatable bonds is 6. The Hall–Kier alpha value is -4.14. The largest absolute Gasteiger partial charge is 0.378 e. The van der Waals surface area contributed by atoms with Crippen LogP contribution >= 0.6 is 11.6 Å². The number of morpholine rings is 1. The van der Waals surface area contributed by atoms with Gasteiger partial charge in [0.15, 0.2) is 5.82 Å². The van der Waals surface area contributed by atoms with E-state index >= 15 is 0 Å². The number of hydrogen-bond acceptors (Lipinski definition) is 6. The summed E-state index contributed by atoms with van der Waals surface area (Å²) in [7, 11) is 1.73. The molecule has 0 saturated carbocycles. The Morgan fingerprint density at radius 1 is 1.00 bits per heavy atom. The lowest BCUT2D eigenvalue weighted by atomic mass is 10.1. The van der Waals surface area contributed by atoms with E-state index in [4.69, 9.17) is 16.3 Å². The minimum absolute atomic E-state index is 0.226. The lowest BCUT2D eigenvalue weighted by Gasteiger charge is -2.28. The maximum absolute atomic E-state index is 13.2. The first-order valence-corrected chi connectivity index (χ1v) is 12.9. The Bertz CT molecular complexity index is 1640. The zero-order valence-corrected chi connectivity index (χ0v) is 21.7. The molecule has 0 spiro atoms. The molecule has 9 heteroatoms. The molecule has 3 aromatic carbocycles. The SMILES string of the molecule is Cn1c(=O)c(Nc2ccc(N3CCOCC3)cc2)nc2c(Cl)cc(-c3cnn(Cc4ccccc4)c3)cc21. The summed E-state index contributed by atoms with van der Waals surface area (Å²) in [4.78, 5) is 20.1. The van der Waals surface area contributed by atoms with Gasteiger partial charge in [0.05, 0.1) is 36.5 Å². The summed E-state index contributed by atoms with van der Waals surface area (Å²) in [5.41, 5.74) is 5.84. The lowest BCUT2D eigenvalue weighted by Crippen LogP contribution is -2.36. The Kier molecular flexibility index (Phi) is 6.57. The second kappa shape index (κ2) is 10.3. The Morgan fingerprint density at radius 3 is 2.53 bits per heavy atom. The molecule has 0 unspecified atom stereocenters. The molecule has 0 amide bonds. The molecule has 3 heterocycles. The van der Waals surface area contributed by atoms with Crippen molar-refractivity contribution in [2.24, 2.45) is 7.05 Å². The van der Waals surface area contributed by atoms with E-state index in [9.17, 15) is 4.79 Å². The third kappa shape index (κ3) is 4.88. The van der Waals surface area contributed by atoms with E-state index in [1.165, 1.54) is 5.56 Å². The molecule has 0 radical (unpaired) electrons. The monoisotopic (exact) mass is 526 g/mol. The summed E-state index contributed by atoms with van der Waals surface area (Å²) in [6.45, 7) is 3.87. The van der Waals surface area contributed by atoms with Gasteiger partial charge in [-0.05, 0) is 47.5 Å². The van der Waals surface area contributed by atoms with Crippen LogP contribution in [-0.2, 0) is 18.3 Å². The molecule has 1 aliphatic rings. The first-order chi connectivity index (χ1) is 18.5. The number of fused-ring (bicyclic) bond motifs is 1. The first kappa shape index (κ1) is 24.2. The summed E-state index contributed by atoms with van der Waals surface area (Å²) in [6, 6.07) is 21.9. The Morgan fingerprint density at radius 2 is 1.76 bits per heavy atom. The number of nitrogens with zero attached hydrogens (tertiary/aromatic N) is 5. The van der Waals surface area contributed by atoms with Crippen LogP contribution in [0.1, 0.15) is 5.56 Å². The second-order valence-electron chi connectivity index (χ2n) is 9.33.